The summed E-state index contributed by atoms with van der Waals surface area (Å²) in [5, 5.41) is 9.66. The molecule has 3 aliphatic carbocycles. The highest BCUT2D eigenvalue weighted by Gasteiger charge is 2.38. The van der Waals surface area contributed by atoms with Gasteiger partial charge in [-0.1, -0.05) is 46.0 Å². The Balaban J connectivity index is 1.33. The van der Waals surface area contributed by atoms with Crippen LogP contribution in [0.25, 0.3) is 0 Å². The molecule has 0 atom stereocenters. The largest absolute Gasteiger partial charge is 0.462 e. The highest BCUT2D eigenvalue weighted by atomic mass is 16.5. The number of nitriles is 1. The molecule has 0 saturated heterocycles. The summed E-state index contributed by atoms with van der Waals surface area (Å²) in [6, 6.07) is 2.66. The minimum atomic E-state index is -0.0347. The third kappa shape index (κ3) is 6.97. The maximum absolute atomic E-state index is 12.7. The monoisotopic (exact) mass is 429 g/mol. The second-order valence-corrected chi connectivity index (χ2v) is 11.2. The topological polar surface area (TPSA) is 50.1 Å². The molecule has 0 aromatic carbocycles. The normalized spacial score (nSPS) is 36.5. The van der Waals surface area contributed by atoms with E-state index in [4.69, 9.17) is 4.74 Å². The Morgan fingerprint density at radius 1 is 0.871 bits per heavy atom. The zero-order valence-corrected chi connectivity index (χ0v) is 20.4. The van der Waals surface area contributed by atoms with Gasteiger partial charge in [0.05, 0.1) is 17.4 Å². The van der Waals surface area contributed by atoms with Crippen molar-refractivity contribution in [1.29, 1.82) is 5.26 Å². The molecule has 0 aromatic rings. The summed E-state index contributed by atoms with van der Waals surface area (Å²) < 4.78 is 6.00. The standard InChI is InChI=1S/C28H47NO2/c1-3-5-6-7-22-8-10-25(11-9-22)27(30)31-26-14-12-23(13-15-26)24-16-19-28(21-29,18-4-2)20-17-24/h22-26H,3-20H2,1-2H3. The van der Waals surface area contributed by atoms with Crippen LogP contribution in [0, 0.1) is 40.4 Å². The summed E-state index contributed by atoms with van der Waals surface area (Å²) in [4.78, 5) is 12.7. The highest BCUT2D eigenvalue weighted by Crippen LogP contribution is 2.47. The molecule has 3 heteroatoms. The van der Waals surface area contributed by atoms with Gasteiger partial charge in [-0.05, 0) is 101 Å². The van der Waals surface area contributed by atoms with Crippen LogP contribution in [0.3, 0.4) is 0 Å². The van der Waals surface area contributed by atoms with Gasteiger partial charge in [0.2, 0.25) is 0 Å². The van der Waals surface area contributed by atoms with Crippen molar-refractivity contribution in [1.82, 2.24) is 0 Å². The summed E-state index contributed by atoms with van der Waals surface area (Å²) in [7, 11) is 0. The third-order valence-corrected chi connectivity index (χ3v) is 9.02. The summed E-state index contributed by atoms with van der Waals surface area (Å²) in [6.45, 7) is 4.47. The van der Waals surface area contributed by atoms with Crippen molar-refractivity contribution in [3.05, 3.63) is 0 Å². The summed E-state index contributed by atoms with van der Waals surface area (Å²) in [6.07, 6.45) is 21.4. The lowest BCUT2D eigenvalue weighted by Crippen LogP contribution is -2.34. The van der Waals surface area contributed by atoms with Crippen molar-refractivity contribution in [2.45, 2.75) is 136 Å². The van der Waals surface area contributed by atoms with Crippen LogP contribution in [0.15, 0.2) is 0 Å². The molecule has 176 valence electrons. The second-order valence-electron chi connectivity index (χ2n) is 11.2. The first-order valence-corrected chi connectivity index (χ1v) is 13.7. The summed E-state index contributed by atoms with van der Waals surface area (Å²) in [5.41, 5.74) is -0.0347. The van der Waals surface area contributed by atoms with Gasteiger partial charge in [-0.3, -0.25) is 4.79 Å². The fourth-order valence-electron chi connectivity index (χ4n) is 6.87. The first kappa shape index (κ1) is 24.6. The van der Waals surface area contributed by atoms with Crippen LogP contribution < -0.4 is 0 Å². The lowest BCUT2D eigenvalue weighted by atomic mass is 9.64. The van der Waals surface area contributed by atoms with Crippen molar-refractivity contribution >= 4 is 5.97 Å². The van der Waals surface area contributed by atoms with Crippen LogP contribution in [0.4, 0.5) is 0 Å². The van der Waals surface area contributed by atoms with E-state index < -0.39 is 0 Å². The molecule has 0 amide bonds. The summed E-state index contributed by atoms with van der Waals surface area (Å²) >= 11 is 0. The Bertz CT molecular complexity index is 570. The molecule has 3 saturated carbocycles. The van der Waals surface area contributed by atoms with E-state index in [1.54, 1.807) is 0 Å². The van der Waals surface area contributed by atoms with Crippen LogP contribution in [0.2, 0.25) is 0 Å². The van der Waals surface area contributed by atoms with Gasteiger partial charge >= 0.3 is 5.97 Å². The SMILES string of the molecule is CCCCCC1CCC(C(=O)OC2CCC(C3CCC(C#N)(CCC)CC3)CC2)CC1. The van der Waals surface area contributed by atoms with E-state index in [1.165, 1.54) is 64.2 Å². The first-order chi connectivity index (χ1) is 15.1. The fraction of sp³-hybridized carbons (Fsp3) is 0.929. The van der Waals surface area contributed by atoms with E-state index in [0.717, 1.165) is 69.1 Å². The van der Waals surface area contributed by atoms with Crippen LogP contribution >= 0.6 is 0 Å². The van der Waals surface area contributed by atoms with Crippen LogP contribution in [-0.2, 0) is 9.53 Å². The average Bonchev–Trinajstić information content (AvgIpc) is 2.81. The van der Waals surface area contributed by atoms with Crippen molar-refractivity contribution in [3.8, 4) is 6.07 Å². The minimum absolute atomic E-state index is 0.0347. The quantitative estimate of drug-likeness (QED) is 0.276. The Morgan fingerprint density at radius 2 is 1.52 bits per heavy atom. The van der Waals surface area contributed by atoms with Crippen LogP contribution in [0.1, 0.15) is 129 Å². The fourth-order valence-corrected chi connectivity index (χ4v) is 6.87. The molecule has 0 bridgehead atoms. The molecule has 3 rings (SSSR count). The predicted octanol–water partition coefficient (Wildman–Crippen LogP) is 7.98. The van der Waals surface area contributed by atoms with Gasteiger partial charge in [0, 0.05) is 0 Å². The Kier molecular flexibility index (Phi) is 9.73. The number of esters is 1. The Morgan fingerprint density at radius 3 is 2.10 bits per heavy atom. The molecule has 0 aromatic heterocycles. The van der Waals surface area contributed by atoms with E-state index in [9.17, 15) is 10.1 Å². The highest BCUT2D eigenvalue weighted by molar-refractivity contribution is 5.72. The van der Waals surface area contributed by atoms with Gasteiger partial charge in [0.15, 0.2) is 0 Å². The van der Waals surface area contributed by atoms with Gasteiger partial charge < -0.3 is 4.74 Å². The van der Waals surface area contributed by atoms with Crippen LogP contribution in [0.5, 0.6) is 0 Å². The zero-order valence-electron chi connectivity index (χ0n) is 20.4. The van der Waals surface area contributed by atoms with Crippen molar-refractivity contribution < 1.29 is 9.53 Å². The molecular weight excluding hydrogens is 382 g/mol. The van der Waals surface area contributed by atoms with E-state index in [2.05, 4.69) is 19.9 Å². The van der Waals surface area contributed by atoms with Crippen LogP contribution in [-0.4, -0.2) is 12.1 Å². The van der Waals surface area contributed by atoms with E-state index in [-0.39, 0.29) is 23.4 Å². The molecule has 0 aliphatic heterocycles. The Hall–Kier alpha value is -1.04. The molecule has 0 spiro atoms. The van der Waals surface area contributed by atoms with Crippen molar-refractivity contribution in [2.75, 3.05) is 0 Å². The molecule has 3 fully saturated rings. The molecule has 3 nitrogen and oxygen atoms in total. The Labute approximate surface area is 191 Å². The molecule has 0 radical (unpaired) electrons. The van der Waals surface area contributed by atoms with E-state index in [0.29, 0.717) is 0 Å². The van der Waals surface area contributed by atoms with E-state index >= 15 is 0 Å². The molecule has 0 unspecified atom stereocenters. The smallest absolute Gasteiger partial charge is 0.309 e. The molecule has 0 heterocycles. The van der Waals surface area contributed by atoms with Crippen molar-refractivity contribution in [2.24, 2.45) is 29.1 Å². The number of carbonyl (C=O) groups is 1. The van der Waals surface area contributed by atoms with Gasteiger partial charge in [-0.15, -0.1) is 0 Å². The first-order valence-electron chi connectivity index (χ1n) is 13.7. The number of unbranched alkanes of at least 4 members (excludes halogenated alkanes) is 2. The van der Waals surface area contributed by atoms with E-state index in [1.807, 2.05) is 0 Å². The predicted molar refractivity (Wildman–Crippen MR) is 126 cm³/mol. The molecule has 3 aliphatic rings. The maximum atomic E-state index is 12.7. The van der Waals surface area contributed by atoms with Gasteiger partial charge in [-0.25, -0.2) is 0 Å². The van der Waals surface area contributed by atoms with Gasteiger partial charge in [0.25, 0.3) is 0 Å². The molecule has 31 heavy (non-hydrogen) atoms. The number of hydrogen-bond acceptors (Lipinski definition) is 3. The minimum Gasteiger partial charge on any atom is -0.462 e. The maximum Gasteiger partial charge on any atom is 0.309 e. The number of hydrogen-bond donors (Lipinski definition) is 0. The van der Waals surface area contributed by atoms with Gasteiger partial charge in [0.1, 0.15) is 6.10 Å². The third-order valence-electron chi connectivity index (χ3n) is 9.02. The number of nitrogens with zero attached hydrogens (tertiary/aromatic N) is 1. The number of rotatable bonds is 9. The number of carbonyl (C=O) groups excluding carboxylic acids is 1. The summed E-state index contributed by atoms with van der Waals surface area (Å²) in [5.74, 6) is 2.69. The lowest BCUT2D eigenvalue weighted by molar-refractivity contribution is -0.157. The second kappa shape index (κ2) is 12.3. The average molecular weight is 430 g/mol. The number of ether oxygens (including phenoxy) is 1. The lowest BCUT2D eigenvalue weighted by Gasteiger charge is -2.40. The van der Waals surface area contributed by atoms with Crippen molar-refractivity contribution in [3.63, 3.8) is 0 Å². The zero-order chi connectivity index (χ0) is 22.1. The molecule has 0 N–H and O–H groups in total. The van der Waals surface area contributed by atoms with Gasteiger partial charge in [-0.2, -0.15) is 5.26 Å². The molecular formula is C28H47NO2.